The number of ether oxygens (including phenoxy) is 1. The molecule has 132 valence electrons. The van der Waals surface area contributed by atoms with Crippen molar-refractivity contribution in [1.29, 1.82) is 0 Å². The van der Waals surface area contributed by atoms with Crippen molar-refractivity contribution in [2.75, 3.05) is 19.7 Å². The second kappa shape index (κ2) is 8.07. The molecule has 1 amide bonds. The Morgan fingerprint density at radius 1 is 1.24 bits per heavy atom. The van der Waals surface area contributed by atoms with Gasteiger partial charge in [-0.05, 0) is 55.6 Å². The van der Waals surface area contributed by atoms with Crippen molar-refractivity contribution in [3.63, 3.8) is 0 Å². The number of hydrogen-bond acceptors (Lipinski definition) is 4. The Balaban J connectivity index is 1.44. The SMILES string of the molecule is NC(=O)c1cc(OCC2CCN(Cc3ccc(F)cc3)CC2)ccn1. The molecule has 1 aromatic carbocycles. The topological polar surface area (TPSA) is 68.5 Å². The molecule has 1 saturated heterocycles. The number of nitrogens with two attached hydrogens (primary N) is 1. The van der Waals surface area contributed by atoms with Crippen LogP contribution in [0.1, 0.15) is 28.9 Å². The summed E-state index contributed by atoms with van der Waals surface area (Å²) in [5, 5.41) is 0. The third-order valence-corrected chi connectivity index (χ3v) is 4.50. The molecule has 0 saturated carbocycles. The summed E-state index contributed by atoms with van der Waals surface area (Å²) in [6.07, 6.45) is 3.63. The molecule has 0 atom stereocenters. The smallest absolute Gasteiger partial charge is 0.267 e. The van der Waals surface area contributed by atoms with Crippen molar-refractivity contribution in [3.05, 3.63) is 59.7 Å². The summed E-state index contributed by atoms with van der Waals surface area (Å²) >= 11 is 0. The Morgan fingerprint density at radius 2 is 1.96 bits per heavy atom. The van der Waals surface area contributed by atoms with Gasteiger partial charge in [0.2, 0.25) is 0 Å². The molecule has 2 aromatic rings. The maximum atomic E-state index is 13.0. The fourth-order valence-corrected chi connectivity index (χ4v) is 3.01. The summed E-state index contributed by atoms with van der Waals surface area (Å²) in [5.74, 6) is 0.349. The lowest BCUT2D eigenvalue weighted by Crippen LogP contribution is -2.35. The number of primary amides is 1. The molecule has 25 heavy (non-hydrogen) atoms. The Bertz CT molecular complexity index is 713. The highest BCUT2D eigenvalue weighted by molar-refractivity contribution is 5.91. The third kappa shape index (κ3) is 5.00. The lowest BCUT2D eigenvalue weighted by Gasteiger charge is -2.31. The molecule has 1 aromatic heterocycles. The molecule has 0 radical (unpaired) electrons. The minimum atomic E-state index is -0.556. The van der Waals surface area contributed by atoms with Crippen molar-refractivity contribution in [2.24, 2.45) is 11.7 Å². The maximum Gasteiger partial charge on any atom is 0.267 e. The molecule has 2 heterocycles. The second-order valence-electron chi connectivity index (χ2n) is 6.40. The van der Waals surface area contributed by atoms with Crippen LogP contribution in [0.5, 0.6) is 5.75 Å². The molecule has 1 fully saturated rings. The average molecular weight is 343 g/mol. The lowest BCUT2D eigenvalue weighted by molar-refractivity contribution is 0.0994. The van der Waals surface area contributed by atoms with E-state index in [-0.39, 0.29) is 11.5 Å². The molecule has 6 heteroatoms. The van der Waals surface area contributed by atoms with Crippen LogP contribution in [0.25, 0.3) is 0 Å². The molecule has 2 N–H and O–H groups in total. The number of hydrogen-bond donors (Lipinski definition) is 1. The van der Waals surface area contributed by atoms with E-state index in [4.69, 9.17) is 10.5 Å². The van der Waals surface area contributed by atoms with Crippen molar-refractivity contribution in [2.45, 2.75) is 19.4 Å². The summed E-state index contributed by atoms with van der Waals surface area (Å²) < 4.78 is 18.7. The first-order valence-corrected chi connectivity index (χ1v) is 8.45. The predicted molar refractivity (Wildman–Crippen MR) is 92.7 cm³/mol. The highest BCUT2D eigenvalue weighted by Crippen LogP contribution is 2.21. The number of likely N-dealkylation sites (tertiary alicyclic amines) is 1. The van der Waals surface area contributed by atoms with Gasteiger partial charge in [-0.3, -0.25) is 14.7 Å². The molecule has 0 unspecified atom stereocenters. The predicted octanol–water partition coefficient (Wildman–Crippen LogP) is 2.61. The number of nitrogens with zero attached hydrogens (tertiary/aromatic N) is 2. The number of pyridine rings is 1. The van der Waals surface area contributed by atoms with Crippen molar-refractivity contribution in [3.8, 4) is 5.75 Å². The quantitative estimate of drug-likeness (QED) is 0.875. The Labute approximate surface area is 146 Å². The zero-order chi connectivity index (χ0) is 17.6. The van der Waals surface area contributed by atoms with Crippen LogP contribution >= 0.6 is 0 Å². The third-order valence-electron chi connectivity index (χ3n) is 4.50. The first-order chi connectivity index (χ1) is 12.1. The number of aromatic nitrogens is 1. The largest absolute Gasteiger partial charge is 0.493 e. The van der Waals surface area contributed by atoms with E-state index in [0.717, 1.165) is 38.0 Å². The van der Waals surface area contributed by atoms with Gasteiger partial charge in [-0.2, -0.15) is 0 Å². The summed E-state index contributed by atoms with van der Waals surface area (Å²) in [5.41, 5.74) is 6.57. The van der Waals surface area contributed by atoms with Crippen LogP contribution in [0, 0.1) is 11.7 Å². The fraction of sp³-hybridized carbons (Fsp3) is 0.368. The minimum absolute atomic E-state index is 0.199. The first-order valence-electron chi connectivity index (χ1n) is 8.45. The highest BCUT2D eigenvalue weighted by Gasteiger charge is 2.20. The maximum absolute atomic E-state index is 13.0. The molecule has 3 rings (SSSR count). The monoisotopic (exact) mass is 343 g/mol. The second-order valence-corrected chi connectivity index (χ2v) is 6.40. The van der Waals surface area contributed by atoms with Gasteiger partial charge in [0, 0.05) is 18.8 Å². The Hall–Kier alpha value is -2.47. The van der Waals surface area contributed by atoms with Crippen molar-refractivity contribution >= 4 is 5.91 Å². The van der Waals surface area contributed by atoms with Crippen LogP contribution in [0.3, 0.4) is 0 Å². The number of carbonyl (C=O) groups is 1. The summed E-state index contributed by atoms with van der Waals surface area (Å²) in [6.45, 7) is 3.45. The van der Waals surface area contributed by atoms with Gasteiger partial charge in [-0.15, -0.1) is 0 Å². The number of rotatable bonds is 6. The van der Waals surface area contributed by atoms with Gasteiger partial charge in [-0.25, -0.2) is 4.39 Å². The molecule has 0 bridgehead atoms. The number of piperidine rings is 1. The van der Waals surface area contributed by atoms with Gasteiger partial charge < -0.3 is 10.5 Å². The van der Waals surface area contributed by atoms with Crippen LogP contribution in [0.15, 0.2) is 42.6 Å². The average Bonchev–Trinajstić information content (AvgIpc) is 2.63. The number of carbonyl (C=O) groups excluding carboxylic acids is 1. The van der Waals surface area contributed by atoms with E-state index < -0.39 is 5.91 Å². The normalized spacial score (nSPS) is 15.9. The van der Waals surface area contributed by atoms with Crippen molar-refractivity contribution in [1.82, 2.24) is 9.88 Å². The summed E-state index contributed by atoms with van der Waals surface area (Å²) in [6, 6.07) is 9.99. The highest BCUT2D eigenvalue weighted by atomic mass is 19.1. The van der Waals surface area contributed by atoms with Gasteiger partial charge in [-0.1, -0.05) is 12.1 Å². The standard InChI is InChI=1S/C19H22FN3O2/c20-16-3-1-14(2-4-16)12-23-9-6-15(7-10-23)13-25-17-5-8-22-18(11-17)19(21)24/h1-5,8,11,15H,6-7,9-10,12-13H2,(H2,21,24). The van der Waals surface area contributed by atoms with Crippen LogP contribution in [0.4, 0.5) is 4.39 Å². The summed E-state index contributed by atoms with van der Waals surface area (Å²) in [7, 11) is 0. The van der Waals surface area contributed by atoms with E-state index in [1.165, 1.54) is 18.3 Å². The molecule has 0 spiro atoms. The van der Waals surface area contributed by atoms with E-state index in [2.05, 4.69) is 9.88 Å². The first kappa shape index (κ1) is 17.4. The van der Waals surface area contributed by atoms with E-state index >= 15 is 0 Å². The molecular weight excluding hydrogens is 321 g/mol. The Kier molecular flexibility index (Phi) is 5.60. The zero-order valence-electron chi connectivity index (χ0n) is 14.0. The van der Waals surface area contributed by atoms with E-state index in [1.807, 2.05) is 12.1 Å². The lowest BCUT2D eigenvalue weighted by atomic mass is 9.97. The molecule has 1 aliphatic rings. The van der Waals surface area contributed by atoms with E-state index in [9.17, 15) is 9.18 Å². The van der Waals surface area contributed by atoms with Gasteiger partial charge in [0.25, 0.3) is 5.91 Å². The van der Waals surface area contributed by atoms with Gasteiger partial charge in [0.15, 0.2) is 0 Å². The zero-order valence-corrected chi connectivity index (χ0v) is 14.0. The van der Waals surface area contributed by atoms with E-state index in [0.29, 0.717) is 18.3 Å². The molecule has 1 aliphatic heterocycles. The van der Waals surface area contributed by atoms with E-state index in [1.54, 1.807) is 12.1 Å². The van der Waals surface area contributed by atoms with Crippen LogP contribution in [-0.4, -0.2) is 35.5 Å². The number of benzene rings is 1. The number of halogens is 1. The molecular formula is C19H22FN3O2. The molecule has 5 nitrogen and oxygen atoms in total. The van der Waals surface area contributed by atoms with Gasteiger partial charge in [0.1, 0.15) is 17.3 Å². The van der Waals surface area contributed by atoms with Crippen molar-refractivity contribution < 1.29 is 13.9 Å². The number of amides is 1. The van der Waals surface area contributed by atoms with Crippen LogP contribution < -0.4 is 10.5 Å². The molecule has 0 aliphatic carbocycles. The summed E-state index contributed by atoms with van der Waals surface area (Å²) in [4.78, 5) is 17.4. The fourth-order valence-electron chi connectivity index (χ4n) is 3.01. The Morgan fingerprint density at radius 3 is 2.64 bits per heavy atom. The van der Waals surface area contributed by atoms with Gasteiger partial charge >= 0.3 is 0 Å². The van der Waals surface area contributed by atoms with Crippen LogP contribution in [-0.2, 0) is 6.54 Å². The minimum Gasteiger partial charge on any atom is -0.493 e. The van der Waals surface area contributed by atoms with Gasteiger partial charge in [0.05, 0.1) is 6.61 Å². The van der Waals surface area contributed by atoms with Crippen LogP contribution in [0.2, 0.25) is 0 Å².